The highest BCUT2D eigenvalue weighted by molar-refractivity contribution is 5.84. The molecule has 1 aromatic carbocycles. The van der Waals surface area contributed by atoms with E-state index in [1.54, 1.807) is 13.3 Å². The second-order valence-electron chi connectivity index (χ2n) is 7.46. The third-order valence-electron chi connectivity index (χ3n) is 5.96. The Hall–Kier alpha value is -2.47. The molecule has 3 aliphatic heterocycles. The fourth-order valence-corrected chi connectivity index (χ4v) is 4.63. The monoisotopic (exact) mass is 368 g/mol. The molecule has 1 unspecified atom stereocenters. The van der Waals surface area contributed by atoms with Crippen molar-refractivity contribution in [1.29, 1.82) is 0 Å². The second-order valence-corrected chi connectivity index (χ2v) is 7.46. The summed E-state index contributed by atoms with van der Waals surface area (Å²) in [6, 6.07) is 7.73. The molecule has 0 radical (unpaired) electrons. The van der Waals surface area contributed by atoms with Crippen LogP contribution in [0.5, 0.6) is 5.75 Å². The van der Waals surface area contributed by atoms with E-state index in [0.717, 1.165) is 54.4 Å². The van der Waals surface area contributed by atoms with Crippen LogP contribution in [0, 0.1) is 11.8 Å². The number of esters is 1. The van der Waals surface area contributed by atoms with Crippen LogP contribution in [0.2, 0.25) is 0 Å². The number of carbonyl (C=O) groups is 2. The number of methoxy groups -OCH3 is 1. The summed E-state index contributed by atoms with van der Waals surface area (Å²) < 4.78 is 11.2. The first-order valence-corrected chi connectivity index (χ1v) is 9.40. The van der Waals surface area contributed by atoms with Gasteiger partial charge in [-0.1, -0.05) is 0 Å². The number of ether oxygens (including phenoxy) is 2. The molecule has 5 rings (SSSR count). The fourth-order valence-electron chi connectivity index (χ4n) is 4.63. The Morgan fingerprint density at radius 2 is 2.22 bits per heavy atom. The molecule has 3 saturated heterocycles. The molecule has 5 atom stereocenters. The Labute approximate surface area is 158 Å². The second kappa shape index (κ2) is 7.27. The average Bonchev–Trinajstić information content (AvgIpc) is 2.71. The number of aromatic nitrogens is 1. The van der Waals surface area contributed by atoms with Crippen molar-refractivity contribution in [3.63, 3.8) is 0 Å². The van der Waals surface area contributed by atoms with Crippen molar-refractivity contribution in [2.45, 2.75) is 31.9 Å². The molecular formula is C21H24N2O4. The maximum atomic E-state index is 11.9. The number of pyridine rings is 1. The molecule has 0 N–H and O–H groups in total. The van der Waals surface area contributed by atoms with Gasteiger partial charge in [0.25, 0.3) is 0 Å². The predicted octanol–water partition coefficient (Wildman–Crippen LogP) is 2.76. The van der Waals surface area contributed by atoms with Gasteiger partial charge in [0.05, 0.1) is 18.7 Å². The van der Waals surface area contributed by atoms with Gasteiger partial charge in [0, 0.05) is 36.5 Å². The van der Waals surface area contributed by atoms with Gasteiger partial charge in [-0.2, -0.15) is 0 Å². The lowest BCUT2D eigenvalue weighted by molar-refractivity contribution is -0.156. The summed E-state index contributed by atoms with van der Waals surface area (Å²) in [5.74, 6) is 0.882. The van der Waals surface area contributed by atoms with Crippen LogP contribution in [0.4, 0.5) is 0 Å². The lowest BCUT2D eigenvalue weighted by Crippen LogP contribution is -2.56. The zero-order chi connectivity index (χ0) is 19.0. The van der Waals surface area contributed by atoms with E-state index in [0.29, 0.717) is 5.92 Å². The lowest BCUT2D eigenvalue weighted by atomic mass is 9.74. The Balaban J connectivity index is 1.76. The molecule has 1 aromatic heterocycles. The van der Waals surface area contributed by atoms with Crippen LogP contribution in [0.25, 0.3) is 10.9 Å². The maximum Gasteiger partial charge on any atom is 0.303 e. The van der Waals surface area contributed by atoms with Crippen LogP contribution in [0.1, 0.15) is 31.4 Å². The minimum Gasteiger partial charge on any atom is -0.497 e. The van der Waals surface area contributed by atoms with Gasteiger partial charge in [0.15, 0.2) is 0 Å². The van der Waals surface area contributed by atoms with E-state index < -0.39 is 6.10 Å². The molecule has 4 heterocycles. The summed E-state index contributed by atoms with van der Waals surface area (Å²) in [6.45, 7) is 3.12. The van der Waals surface area contributed by atoms with E-state index in [2.05, 4.69) is 9.88 Å². The molecule has 3 fully saturated rings. The highest BCUT2D eigenvalue weighted by atomic mass is 16.5. The van der Waals surface area contributed by atoms with E-state index in [-0.39, 0.29) is 17.9 Å². The average molecular weight is 368 g/mol. The largest absolute Gasteiger partial charge is 0.497 e. The van der Waals surface area contributed by atoms with Crippen molar-refractivity contribution in [1.82, 2.24) is 9.88 Å². The standard InChI is InChI=1S/C21H24N2O4/c1-13(25)27-21(20-9-14-6-8-23(20)11-15(14)12-24)17-5-7-22-19-4-3-16(26-2)10-18(17)19/h3-5,7,10,12,14-15,20-21H,6,8-9,11H2,1-2H3/t14-,15+,20+,21-/m0/s1. The summed E-state index contributed by atoms with van der Waals surface area (Å²) in [4.78, 5) is 30.0. The van der Waals surface area contributed by atoms with Gasteiger partial charge in [0.2, 0.25) is 0 Å². The molecule has 6 heteroatoms. The van der Waals surface area contributed by atoms with Gasteiger partial charge in [-0.3, -0.25) is 14.7 Å². The lowest BCUT2D eigenvalue weighted by Gasteiger charge is -2.50. The Bertz CT molecular complexity index is 868. The third-order valence-corrected chi connectivity index (χ3v) is 5.96. The molecule has 0 aliphatic carbocycles. The normalized spacial score (nSPS) is 27.9. The van der Waals surface area contributed by atoms with Gasteiger partial charge < -0.3 is 14.3 Å². The SMILES string of the molecule is COc1ccc2nccc([C@H](OC(C)=O)[C@H]3C[C@@H]4CCN3C[C@@H]4C=O)c2c1. The molecule has 2 aromatic rings. The smallest absolute Gasteiger partial charge is 0.303 e. The highest BCUT2D eigenvalue weighted by Crippen LogP contribution is 2.42. The molecule has 0 saturated carbocycles. The fraction of sp³-hybridized carbons (Fsp3) is 0.476. The summed E-state index contributed by atoms with van der Waals surface area (Å²) in [5.41, 5.74) is 1.78. The summed E-state index contributed by atoms with van der Waals surface area (Å²) in [6.07, 6.45) is 4.33. The minimum atomic E-state index is -0.393. The van der Waals surface area contributed by atoms with Crippen molar-refractivity contribution in [2.75, 3.05) is 20.2 Å². The van der Waals surface area contributed by atoms with Gasteiger partial charge in [-0.15, -0.1) is 0 Å². The van der Waals surface area contributed by atoms with Crippen molar-refractivity contribution in [3.8, 4) is 5.75 Å². The van der Waals surface area contributed by atoms with Crippen molar-refractivity contribution in [2.24, 2.45) is 11.8 Å². The zero-order valence-corrected chi connectivity index (χ0v) is 15.6. The van der Waals surface area contributed by atoms with Crippen LogP contribution in [-0.2, 0) is 14.3 Å². The number of aldehydes is 1. The van der Waals surface area contributed by atoms with Crippen LogP contribution < -0.4 is 4.74 Å². The Kier molecular flexibility index (Phi) is 4.83. The minimum absolute atomic E-state index is 0.0700. The van der Waals surface area contributed by atoms with E-state index in [4.69, 9.17) is 9.47 Å². The molecular weight excluding hydrogens is 344 g/mol. The maximum absolute atomic E-state index is 11.9. The molecule has 2 bridgehead atoms. The van der Waals surface area contributed by atoms with E-state index in [1.165, 1.54) is 6.92 Å². The number of carbonyl (C=O) groups excluding carboxylic acids is 2. The number of nitrogens with zero attached hydrogens (tertiary/aromatic N) is 2. The Morgan fingerprint density at radius 1 is 1.37 bits per heavy atom. The third kappa shape index (κ3) is 3.30. The molecule has 3 aliphatic rings. The summed E-state index contributed by atoms with van der Waals surface area (Å²) >= 11 is 0. The van der Waals surface area contributed by atoms with Crippen LogP contribution >= 0.6 is 0 Å². The van der Waals surface area contributed by atoms with Crippen molar-refractivity contribution >= 4 is 23.2 Å². The zero-order valence-electron chi connectivity index (χ0n) is 15.6. The van der Waals surface area contributed by atoms with Crippen molar-refractivity contribution < 1.29 is 19.1 Å². The van der Waals surface area contributed by atoms with Gasteiger partial charge in [-0.25, -0.2) is 0 Å². The molecule has 27 heavy (non-hydrogen) atoms. The van der Waals surface area contributed by atoms with Crippen LogP contribution in [0.3, 0.4) is 0 Å². The summed E-state index contributed by atoms with van der Waals surface area (Å²) in [7, 11) is 1.63. The molecule has 142 valence electrons. The topological polar surface area (TPSA) is 68.7 Å². The number of benzene rings is 1. The number of hydrogen-bond acceptors (Lipinski definition) is 6. The number of piperidine rings is 3. The first kappa shape index (κ1) is 17.9. The quantitative estimate of drug-likeness (QED) is 0.597. The van der Waals surface area contributed by atoms with Crippen LogP contribution in [0.15, 0.2) is 30.5 Å². The van der Waals surface area contributed by atoms with Crippen LogP contribution in [-0.4, -0.2) is 48.4 Å². The van der Waals surface area contributed by atoms with E-state index in [1.807, 2.05) is 24.3 Å². The Morgan fingerprint density at radius 3 is 2.89 bits per heavy atom. The molecule has 0 spiro atoms. The first-order valence-electron chi connectivity index (χ1n) is 9.40. The van der Waals surface area contributed by atoms with Gasteiger partial charge in [0.1, 0.15) is 18.1 Å². The first-order chi connectivity index (χ1) is 13.1. The van der Waals surface area contributed by atoms with Gasteiger partial charge >= 0.3 is 5.97 Å². The highest BCUT2D eigenvalue weighted by Gasteiger charge is 2.44. The molecule has 6 nitrogen and oxygen atoms in total. The van der Waals surface area contributed by atoms with E-state index in [9.17, 15) is 9.59 Å². The van der Waals surface area contributed by atoms with E-state index >= 15 is 0 Å². The number of rotatable bonds is 5. The van der Waals surface area contributed by atoms with Crippen molar-refractivity contribution in [3.05, 3.63) is 36.0 Å². The number of hydrogen-bond donors (Lipinski definition) is 0. The predicted molar refractivity (Wildman–Crippen MR) is 100 cm³/mol. The molecule has 0 amide bonds. The summed E-state index contributed by atoms with van der Waals surface area (Å²) in [5, 5.41) is 0.928. The van der Waals surface area contributed by atoms with Gasteiger partial charge in [-0.05, 0) is 49.6 Å². The number of fused-ring (bicyclic) bond motifs is 4.